The molecule has 1 fully saturated rings. The van der Waals surface area contributed by atoms with Gasteiger partial charge in [0.2, 0.25) is 0 Å². The second-order valence-corrected chi connectivity index (χ2v) is 4.19. The Hall–Kier alpha value is -1.31. The number of anilines is 1. The number of carbonyl (C=O) groups excluding carboxylic acids is 1. The van der Waals surface area contributed by atoms with Crippen molar-refractivity contribution in [1.82, 2.24) is 0 Å². The Morgan fingerprint density at radius 3 is 2.43 bits per heavy atom. The number of para-hydroxylation sites is 1. The van der Waals surface area contributed by atoms with Gasteiger partial charge in [-0.25, -0.2) is 0 Å². The molecule has 1 aromatic carbocycles. The summed E-state index contributed by atoms with van der Waals surface area (Å²) in [5.74, 6) is 0. The third-order valence-corrected chi connectivity index (χ3v) is 2.94. The van der Waals surface area contributed by atoms with Gasteiger partial charge in [0, 0.05) is 19.8 Å². The lowest BCUT2D eigenvalue weighted by Crippen LogP contribution is -2.17. The van der Waals surface area contributed by atoms with Gasteiger partial charge in [0.25, 0.3) is 0 Å². The van der Waals surface area contributed by atoms with Gasteiger partial charge in [-0.15, -0.1) is 0 Å². The van der Waals surface area contributed by atoms with E-state index >= 15 is 0 Å². The van der Waals surface area contributed by atoms with Crippen molar-refractivity contribution in [3.63, 3.8) is 0 Å². The first kappa shape index (κ1) is 9.25. The summed E-state index contributed by atoms with van der Waals surface area (Å²) in [6.07, 6.45) is 3.11. The Kier molecular flexibility index (Phi) is 2.06. The van der Waals surface area contributed by atoms with Crippen LogP contribution in [0.25, 0.3) is 0 Å². The molecule has 0 spiro atoms. The van der Waals surface area contributed by atoms with Crippen molar-refractivity contribution in [3.8, 4) is 0 Å². The predicted molar refractivity (Wildman–Crippen MR) is 57.7 cm³/mol. The molecule has 0 bridgehead atoms. The van der Waals surface area contributed by atoms with Crippen LogP contribution in [0.4, 0.5) is 5.69 Å². The van der Waals surface area contributed by atoms with Crippen LogP contribution >= 0.6 is 0 Å². The minimum Gasteiger partial charge on any atom is -0.377 e. The lowest BCUT2D eigenvalue weighted by atomic mass is 9.95. The fourth-order valence-electron chi connectivity index (χ4n) is 1.87. The highest BCUT2D eigenvalue weighted by Gasteiger charge is 2.45. The summed E-state index contributed by atoms with van der Waals surface area (Å²) < 4.78 is 0. The Morgan fingerprint density at radius 2 is 1.93 bits per heavy atom. The van der Waals surface area contributed by atoms with Crippen LogP contribution in [0.1, 0.15) is 18.4 Å². The maximum Gasteiger partial charge on any atom is 0.130 e. The number of nitrogens with zero attached hydrogens (tertiary/aromatic N) is 1. The summed E-state index contributed by atoms with van der Waals surface area (Å²) in [5.41, 5.74) is 2.18. The van der Waals surface area contributed by atoms with E-state index in [4.69, 9.17) is 0 Å². The van der Waals surface area contributed by atoms with Crippen LogP contribution in [0.5, 0.6) is 0 Å². The van der Waals surface area contributed by atoms with Gasteiger partial charge in [-0.3, -0.25) is 0 Å². The number of hydrogen-bond donors (Lipinski definition) is 0. The van der Waals surface area contributed by atoms with Gasteiger partial charge in [0.1, 0.15) is 6.29 Å². The first-order valence-electron chi connectivity index (χ1n) is 4.93. The van der Waals surface area contributed by atoms with E-state index in [2.05, 4.69) is 17.0 Å². The van der Waals surface area contributed by atoms with E-state index in [1.807, 2.05) is 26.2 Å². The SMILES string of the molecule is CN(C)c1ccccc1C1(C=O)CC1. The summed E-state index contributed by atoms with van der Waals surface area (Å²) >= 11 is 0. The molecule has 0 saturated heterocycles. The third-order valence-electron chi connectivity index (χ3n) is 2.94. The van der Waals surface area contributed by atoms with Gasteiger partial charge in [0.05, 0.1) is 5.41 Å². The maximum absolute atomic E-state index is 11.0. The molecule has 0 atom stereocenters. The van der Waals surface area contributed by atoms with Crippen molar-refractivity contribution in [2.75, 3.05) is 19.0 Å². The standard InChI is InChI=1S/C12H15NO/c1-13(2)11-6-4-3-5-10(11)12(9-14)7-8-12/h3-6,9H,7-8H2,1-2H3. The lowest BCUT2D eigenvalue weighted by molar-refractivity contribution is -0.109. The molecule has 1 aliphatic rings. The zero-order chi connectivity index (χ0) is 10.2. The monoisotopic (exact) mass is 189 g/mol. The topological polar surface area (TPSA) is 20.3 Å². The van der Waals surface area contributed by atoms with Crippen LogP contribution in [-0.4, -0.2) is 20.4 Å². The lowest BCUT2D eigenvalue weighted by Gasteiger charge is -2.20. The molecule has 0 aromatic heterocycles. The van der Waals surface area contributed by atoms with Crippen molar-refractivity contribution in [1.29, 1.82) is 0 Å². The maximum atomic E-state index is 11.0. The molecule has 1 saturated carbocycles. The first-order valence-corrected chi connectivity index (χ1v) is 4.93. The summed E-state index contributed by atoms with van der Waals surface area (Å²) in [4.78, 5) is 13.1. The quantitative estimate of drug-likeness (QED) is 0.678. The van der Waals surface area contributed by atoms with E-state index in [0.717, 1.165) is 24.8 Å². The minimum absolute atomic E-state index is 0.166. The van der Waals surface area contributed by atoms with Crippen molar-refractivity contribution in [2.45, 2.75) is 18.3 Å². The van der Waals surface area contributed by atoms with Crippen LogP contribution in [0.3, 0.4) is 0 Å². The summed E-state index contributed by atoms with van der Waals surface area (Å²) in [6, 6.07) is 8.15. The molecular weight excluding hydrogens is 174 g/mol. The van der Waals surface area contributed by atoms with Crippen molar-refractivity contribution in [3.05, 3.63) is 29.8 Å². The zero-order valence-electron chi connectivity index (χ0n) is 8.66. The van der Waals surface area contributed by atoms with E-state index in [9.17, 15) is 4.79 Å². The van der Waals surface area contributed by atoms with Gasteiger partial charge < -0.3 is 9.69 Å². The first-order chi connectivity index (χ1) is 6.69. The van der Waals surface area contributed by atoms with E-state index in [1.165, 1.54) is 5.56 Å². The minimum atomic E-state index is -0.166. The normalized spacial score (nSPS) is 17.6. The third kappa shape index (κ3) is 1.31. The highest BCUT2D eigenvalue weighted by Crippen LogP contribution is 2.49. The molecular formula is C12H15NO. The molecule has 0 unspecified atom stereocenters. The van der Waals surface area contributed by atoms with Crippen molar-refractivity contribution < 1.29 is 4.79 Å². The molecule has 0 N–H and O–H groups in total. The van der Waals surface area contributed by atoms with Gasteiger partial charge in [0.15, 0.2) is 0 Å². The molecule has 14 heavy (non-hydrogen) atoms. The summed E-state index contributed by atoms with van der Waals surface area (Å²) in [5, 5.41) is 0. The molecule has 0 radical (unpaired) electrons. The van der Waals surface area contributed by atoms with Crippen LogP contribution in [0.15, 0.2) is 24.3 Å². The van der Waals surface area contributed by atoms with Gasteiger partial charge in [-0.05, 0) is 24.5 Å². The smallest absolute Gasteiger partial charge is 0.130 e. The van der Waals surface area contributed by atoms with Gasteiger partial charge in [-0.2, -0.15) is 0 Å². The average molecular weight is 189 g/mol. The van der Waals surface area contributed by atoms with Gasteiger partial charge >= 0.3 is 0 Å². The van der Waals surface area contributed by atoms with E-state index in [-0.39, 0.29) is 5.41 Å². The van der Waals surface area contributed by atoms with Crippen LogP contribution < -0.4 is 4.90 Å². The second-order valence-electron chi connectivity index (χ2n) is 4.19. The molecule has 1 aromatic rings. The average Bonchev–Trinajstić information content (AvgIpc) is 2.98. The van der Waals surface area contributed by atoms with Crippen LogP contribution in [0, 0.1) is 0 Å². The highest BCUT2D eigenvalue weighted by atomic mass is 16.1. The molecule has 74 valence electrons. The second kappa shape index (κ2) is 3.12. The molecule has 0 heterocycles. The fraction of sp³-hybridized carbons (Fsp3) is 0.417. The molecule has 0 aliphatic heterocycles. The van der Waals surface area contributed by atoms with E-state index in [0.29, 0.717) is 0 Å². The van der Waals surface area contributed by atoms with E-state index < -0.39 is 0 Å². The summed E-state index contributed by atoms with van der Waals surface area (Å²) in [6.45, 7) is 0. The molecule has 0 amide bonds. The molecule has 2 rings (SSSR count). The summed E-state index contributed by atoms with van der Waals surface area (Å²) in [7, 11) is 4.03. The fourth-order valence-corrected chi connectivity index (χ4v) is 1.87. The number of benzene rings is 1. The van der Waals surface area contributed by atoms with Gasteiger partial charge in [-0.1, -0.05) is 18.2 Å². The van der Waals surface area contributed by atoms with Crippen molar-refractivity contribution in [2.24, 2.45) is 0 Å². The number of rotatable bonds is 3. The van der Waals surface area contributed by atoms with Crippen LogP contribution in [0.2, 0.25) is 0 Å². The number of carbonyl (C=O) groups is 1. The Labute approximate surface area is 84.5 Å². The van der Waals surface area contributed by atoms with Crippen LogP contribution in [-0.2, 0) is 10.2 Å². The number of hydrogen-bond acceptors (Lipinski definition) is 2. The zero-order valence-corrected chi connectivity index (χ0v) is 8.66. The van der Waals surface area contributed by atoms with E-state index in [1.54, 1.807) is 0 Å². The predicted octanol–water partition coefficient (Wildman–Crippen LogP) is 1.98. The Bertz CT molecular complexity index is 353. The number of aldehydes is 1. The highest BCUT2D eigenvalue weighted by molar-refractivity contribution is 5.77. The largest absolute Gasteiger partial charge is 0.377 e. The van der Waals surface area contributed by atoms with Crippen molar-refractivity contribution >= 4 is 12.0 Å². The Morgan fingerprint density at radius 1 is 1.29 bits per heavy atom. The molecule has 2 heteroatoms. The Balaban J connectivity index is 2.47. The molecule has 2 nitrogen and oxygen atoms in total. The molecule has 1 aliphatic carbocycles.